The monoisotopic (exact) mass is 292 g/mol. The Hall–Kier alpha value is -1.33. The number of hydrogen-bond donors (Lipinski definition) is 0. The van der Waals surface area contributed by atoms with Crippen LogP contribution in [0.1, 0.15) is 5.56 Å². The molecule has 4 nitrogen and oxygen atoms in total. The van der Waals surface area contributed by atoms with Gasteiger partial charge in [-0.05, 0) is 24.6 Å². The van der Waals surface area contributed by atoms with Gasteiger partial charge in [-0.15, -0.1) is 0 Å². The van der Waals surface area contributed by atoms with Crippen LogP contribution in [0.15, 0.2) is 18.5 Å². The molecule has 0 spiro atoms. The first-order chi connectivity index (χ1) is 9.42. The van der Waals surface area contributed by atoms with Crippen molar-refractivity contribution in [2.75, 3.05) is 13.7 Å². The van der Waals surface area contributed by atoms with Crippen molar-refractivity contribution >= 4 is 19.0 Å². The molecule has 0 aliphatic heterocycles. The predicted molar refractivity (Wildman–Crippen MR) is 85.1 cm³/mol. The Kier molecular flexibility index (Phi) is 4.50. The zero-order chi connectivity index (χ0) is 14.8. The van der Waals surface area contributed by atoms with Crippen LogP contribution in [-0.4, -0.2) is 31.3 Å². The molecule has 110 valence electrons. The molecule has 0 unspecified atom stereocenters. The van der Waals surface area contributed by atoms with E-state index in [-0.39, 0.29) is 0 Å². The third-order valence-corrected chi connectivity index (χ3v) is 5.09. The van der Waals surface area contributed by atoms with Gasteiger partial charge in [-0.1, -0.05) is 19.6 Å². The average molecular weight is 292 g/mol. The molecule has 0 saturated carbocycles. The first-order valence-electron chi connectivity index (χ1n) is 6.98. The van der Waals surface area contributed by atoms with Crippen LogP contribution in [0.4, 0.5) is 0 Å². The molecular weight excluding hydrogens is 268 g/mol. The quantitative estimate of drug-likeness (QED) is 0.602. The van der Waals surface area contributed by atoms with Crippen LogP contribution < -0.4 is 4.74 Å². The number of nitrogens with zero attached hydrogens (tertiary/aromatic N) is 2. The molecule has 2 rings (SSSR count). The molecule has 0 amide bonds. The second kappa shape index (κ2) is 5.97. The number of fused-ring (bicyclic) bond motifs is 1. The minimum Gasteiger partial charge on any atom is -0.479 e. The Balaban J connectivity index is 2.13. The predicted octanol–water partition coefficient (Wildman–Crippen LogP) is 3.67. The third kappa shape index (κ3) is 3.40. The van der Waals surface area contributed by atoms with Crippen LogP contribution in [0.25, 0.3) is 10.9 Å². The van der Waals surface area contributed by atoms with Gasteiger partial charge < -0.3 is 14.0 Å². The van der Waals surface area contributed by atoms with Gasteiger partial charge in [-0.2, -0.15) is 0 Å². The van der Waals surface area contributed by atoms with E-state index in [0.29, 0.717) is 12.6 Å². The van der Waals surface area contributed by atoms with Crippen molar-refractivity contribution in [3.8, 4) is 5.88 Å². The van der Waals surface area contributed by atoms with Gasteiger partial charge in [0, 0.05) is 32.5 Å². The lowest BCUT2D eigenvalue weighted by atomic mass is 10.2. The van der Waals surface area contributed by atoms with E-state index < -0.39 is 8.07 Å². The molecule has 0 aromatic carbocycles. The van der Waals surface area contributed by atoms with Crippen LogP contribution in [-0.2, 0) is 11.5 Å². The van der Waals surface area contributed by atoms with Gasteiger partial charge in [0.25, 0.3) is 0 Å². The van der Waals surface area contributed by atoms with E-state index in [1.165, 1.54) is 11.4 Å². The number of pyridine rings is 1. The summed E-state index contributed by atoms with van der Waals surface area (Å²) in [5, 5.41) is 1.17. The molecule has 2 aromatic rings. The summed E-state index contributed by atoms with van der Waals surface area (Å²) in [6, 6.07) is 3.28. The van der Waals surface area contributed by atoms with Crippen LogP contribution in [0, 0.1) is 6.92 Å². The van der Waals surface area contributed by atoms with E-state index in [0.717, 1.165) is 17.7 Å². The Morgan fingerprint density at radius 3 is 2.70 bits per heavy atom. The molecule has 2 heterocycles. The fourth-order valence-electron chi connectivity index (χ4n) is 2.11. The molecule has 2 aromatic heterocycles. The van der Waals surface area contributed by atoms with Gasteiger partial charge in [-0.25, -0.2) is 4.98 Å². The van der Waals surface area contributed by atoms with Gasteiger partial charge in [0.2, 0.25) is 5.88 Å². The Morgan fingerprint density at radius 2 is 2.05 bits per heavy atom. The highest BCUT2D eigenvalue weighted by molar-refractivity contribution is 6.76. The van der Waals surface area contributed by atoms with Crippen molar-refractivity contribution in [1.82, 2.24) is 9.55 Å². The van der Waals surface area contributed by atoms with E-state index in [4.69, 9.17) is 9.47 Å². The summed E-state index contributed by atoms with van der Waals surface area (Å²) in [5.74, 6) is 0.657. The van der Waals surface area contributed by atoms with Crippen LogP contribution in [0.3, 0.4) is 0 Å². The molecular formula is C15H24N2O2Si. The lowest BCUT2D eigenvalue weighted by Gasteiger charge is -2.16. The smallest absolute Gasteiger partial charge is 0.238 e. The number of ether oxygens (including phenoxy) is 2. The van der Waals surface area contributed by atoms with Gasteiger partial charge in [0.1, 0.15) is 12.2 Å². The summed E-state index contributed by atoms with van der Waals surface area (Å²) < 4.78 is 13.2. The molecule has 0 atom stereocenters. The maximum absolute atomic E-state index is 5.82. The van der Waals surface area contributed by atoms with E-state index in [1.54, 1.807) is 7.11 Å². The fraction of sp³-hybridized carbons (Fsp3) is 0.533. The standard InChI is InChI=1S/C15H24N2O2Si/c1-12-10-16-15(18-2)14-13(12)6-7-17(14)11-19-8-9-20(3,4)5/h6-7,10H,8-9,11H2,1-5H3. The number of aromatic nitrogens is 2. The second-order valence-electron chi connectivity index (χ2n) is 6.35. The van der Waals surface area contributed by atoms with E-state index >= 15 is 0 Å². The summed E-state index contributed by atoms with van der Waals surface area (Å²) in [6.45, 7) is 10.5. The van der Waals surface area contributed by atoms with Crippen molar-refractivity contribution in [1.29, 1.82) is 0 Å². The maximum atomic E-state index is 5.82. The zero-order valence-corrected chi connectivity index (χ0v) is 14.1. The Bertz CT molecular complexity index is 587. The second-order valence-corrected chi connectivity index (χ2v) is 12.0. The minimum absolute atomic E-state index is 0.551. The Morgan fingerprint density at radius 1 is 1.30 bits per heavy atom. The highest BCUT2D eigenvalue weighted by Crippen LogP contribution is 2.26. The van der Waals surface area contributed by atoms with E-state index in [2.05, 4.69) is 42.2 Å². The highest BCUT2D eigenvalue weighted by Gasteiger charge is 2.13. The summed E-state index contributed by atoms with van der Waals surface area (Å²) in [6.07, 6.45) is 3.88. The SMILES string of the molecule is COc1ncc(C)c2ccn(COCC[Si](C)(C)C)c12. The largest absolute Gasteiger partial charge is 0.479 e. The first-order valence-corrected chi connectivity index (χ1v) is 10.7. The summed E-state index contributed by atoms with van der Waals surface area (Å²) in [7, 11) is 0.622. The molecule has 0 aliphatic rings. The normalized spacial score (nSPS) is 12.1. The average Bonchev–Trinajstić information content (AvgIpc) is 2.79. The number of aryl methyl sites for hydroxylation is 1. The lowest BCUT2D eigenvalue weighted by Crippen LogP contribution is -2.22. The maximum Gasteiger partial charge on any atom is 0.238 e. The van der Waals surface area contributed by atoms with Gasteiger partial charge >= 0.3 is 0 Å². The van der Waals surface area contributed by atoms with Crippen molar-refractivity contribution in [2.45, 2.75) is 39.3 Å². The fourth-order valence-corrected chi connectivity index (χ4v) is 2.87. The number of hydrogen-bond acceptors (Lipinski definition) is 3. The Labute approximate surface area is 121 Å². The topological polar surface area (TPSA) is 36.3 Å². The van der Waals surface area contributed by atoms with Gasteiger partial charge in [0.15, 0.2) is 0 Å². The molecule has 0 radical (unpaired) electrons. The van der Waals surface area contributed by atoms with Crippen LogP contribution >= 0.6 is 0 Å². The van der Waals surface area contributed by atoms with Gasteiger partial charge in [0.05, 0.1) is 7.11 Å². The molecule has 0 saturated heterocycles. The molecule has 0 N–H and O–H groups in total. The van der Waals surface area contributed by atoms with Crippen LogP contribution in [0.2, 0.25) is 25.7 Å². The van der Waals surface area contributed by atoms with Gasteiger partial charge in [-0.3, -0.25) is 0 Å². The van der Waals surface area contributed by atoms with E-state index in [1.807, 2.05) is 12.4 Å². The third-order valence-electron chi connectivity index (χ3n) is 3.39. The molecule has 0 bridgehead atoms. The molecule has 0 fully saturated rings. The molecule has 20 heavy (non-hydrogen) atoms. The summed E-state index contributed by atoms with van der Waals surface area (Å²) >= 11 is 0. The molecule has 0 aliphatic carbocycles. The highest BCUT2D eigenvalue weighted by atomic mass is 28.3. The zero-order valence-electron chi connectivity index (χ0n) is 13.1. The number of rotatable bonds is 6. The van der Waals surface area contributed by atoms with E-state index in [9.17, 15) is 0 Å². The summed E-state index contributed by atoms with van der Waals surface area (Å²) in [4.78, 5) is 4.33. The summed E-state index contributed by atoms with van der Waals surface area (Å²) in [5.41, 5.74) is 2.17. The minimum atomic E-state index is -1.03. The lowest BCUT2D eigenvalue weighted by molar-refractivity contribution is 0.0899. The van der Waals surface area contributed by atoms with Crippen molar-refractivity contribution in [2.24, 2.45) is 0 Å². The van der Waals surface area contributed by atoms with Crippen molar-refractivity contribution < 1.29 is 9.47 Å². The van der Waals surface area contributed by atoms with Crippen molar-refractivity contribution in [3.05, 3.63) is 24.0 Å². The van der Waals surface area contributed by atoms with Crippen molar-refractivity contribution in [3.63, 3.8) is 0 Å². The van der Waals surface area contributed by atoms with Crippen LogP contribution in [0.5, 0.6) is 5.88 Å². The molecule has 5 heteroatoms. The number of methoxy groups -OCH3 is 1. The first kappa shape index (κ1) is 15.1.